The van der Waals surface area contributed by atoms with Gasteiger partial charge in [0.05, 0.1) is 0 Å². The fourth-order valence-corrected chi connectivity index (χ4v) is 2.96. The molecule has 1 aromatic rings. The molecular weight excluding hydrogens is 284 g/mol. The molecule has 21 heavy (non-hydrogen) atoms. The number of likely N-dealkylation sites (tertiary alicyclic amines) is 1. The van der Waals surface area contributed by atoms with Crippen molar-refractivity contribution in [3.8, 4) is 0 Å². The molecule has 4 heteroatoms. The minimum absolute atomic E-state index is 0. The van der Waals surface area contributed by atoms with Crippen LogP contribution in [-0.2, 0) is 4.79 Å². The third-order valence-corrected chi connectivity index (χ3v) is 4.40. The molecule has 1 saturated heterocycles. The third-order valence-electron chi connectivity index (χ3n) is 4.40. The van der Waals surface area contributed by atoms with Crippen LogP contribution in [0.3, 0.4) is 0 Å². The predicted octanol–water partition coefficient (Wildman–Crippen LogP) is 3.54. The van der Waals surface area contributed by atoms with Crippen molar-refractivity contribution in [3.63, 3.8) is 0 Å². The second kappa shape index (κ2) is 9.06. The first-order chi connectivity index (χ1) is 9.70. The number of carbonyl (C=O) groups is 1. The Morgan fingerprint density at radius 1 is 1.29 bits per heavy atom. The van der Waals surface area contributed by atoms with Crippen LogP contribution in [0.4, 0.5) is 0 Å². The molecule has 118 valence electrons. The SMILES string of the molecule is CCC1CCCN(C(=O)CC(N)c2ccccc2)CC1.Cl. The molecule has 1 aromatic carbocycles. The normalized spacial score (nSPS) is 20.3. The van der Waals surface area contributed by atoms with Gasteiger partial charge in [0.25, 0.3) is 0 Å². The number of halogens is 1. The zero-order valence-corrected chi connectivity index (χ0v) is 13.6. The molecule has 0 saturated carbocycles. The van der Waals surface area contributed by atoms with Crippen LogP contribution < -0.4 is 5.73 Å². The second-order valence-corrected chi connectivity index (χ2v) is 5.81. The Labute approximate surface area is 134 Å². The summed E-state index contributed by atoms with van der Waals surface area (Å²) in [5, 5.41) is 0. The van der Waals surface area contributed by atoms with E-state index in [2.05, 4.69) is 6.92 Å². The highest BCUT2D eigenvalue weighted by Gasteiger charge is 2.21. The standard InChI is InChI=1S/C17H26N2O.ClH/c1-2-14-7-6-11-19(12-10-14)17(20)13-16(18)15-8-4-3-5-9-15;/h3-5,8-9,14,16H,2,6-7,10-13,18H2,1H3;1H. The van der Waals surface area contributed by atoms with Gasteiger partial charge in [-0.1, -0.05) is 43.7 Å². The highest BCUT2D eigenvalue weighted by Crippen LogP contribution is 2.22. The van der Waals surface area contributed by atoms with Gasteiger partial charge in [-0.2, -0.15) is 0 Å². The van der Waals surface area contributed by atoms with Crippen molar-refractivity contribution in [3.05, 3.63) is 35.9 Å². The number of benzene rings is 1. The summed E-state index contributed by atoms with van der Waals surface area (Å²) in [6, 6.07) is 9.71. The van der Waals surface area contributed by atoms with Gasteiger partial charge in [-0.15, -0.1) is 12.4 Å². The van der Waals surface area contributed by atoms with Crippen LogP contribution in [0.5, 0.6) is 0 Å². The van der Waals surface area contributed by atoms with Crippen LogP contribution in [0.25, 0.3) is 0 Å². The number of hydrogen-bond acceptors (Lipinski definition) is 2. The minimum atomic E-state index is -0.186. The molecule has 1 amide bonds. The molecule has 3 nitrogen and oxygen atoms in total. The van der Waals surface area contributed by atoms with Gasteiger partial charge in [-0.05, 0) is 30.7 Å². The molecule has 2 rings (SSSR count). The average Bonchev–Trinajstić information content (AvgIpc) is 2.73. The molecule has 1 fully saturated rings. The number of nitrogens with two attached hydrogens (primary N) is 1. The lowest BCUT2D eigenvalue weighted by Gasteiger charge is -2.22. The topological polar surface area (TPSA) is 46.3 Å². The average molecular weight is 311 g/mol. The number of carbonyl (C=O) groups excluding carboxylic acids is 1. The fourth-order valence-electron chi connectivity index (χ4n) is 2.96. The van der Waals surface area contributed by atoms with Crippen molar-refractivity contribution in [2.75, 3.05) is 13.1 Å². The maximum atomic E-state index is 12.4. The highest BCUT2D eigenvalue weighted by atomic mass is 35.5. The van der Waals surface area contributed by atoms with Crippen molar-refractivity contribution in [2.24, 2.45) is 11.7 Å². The van der Waals surface area contributed by atoms with Gasteiger partial charge in [0.1, 0.15) is 0 Å². The smallest absolute Gasteiger partial charge is 0.224 e. The quantitative estimate of drug-likeness (QED) is 0.924. The Bertz CT molecular complexity index is 424. The Balaban J connectivity index is 0.00000220. The fraction of sp³-hybridized carbons (Fsp3) is 0.588. The van der Waals surface area contributed by atoms with Crippen molar-refractivity contribution >= 4 is 18.3 Å². The van der Waals surface area contributed by atoms with Crippen LogP contribution in [0.2, 0.25) is 0 Å². The summed E-state index contributed by atoms with van der Waals surface area (Å²) < 4.78 is 0. The van der Waals surface area contributed by atoms with E-state index in [1.54, 1.807) is 0 Å². The van der Waals surface area contributed by atoms with E-state index in [1.165, 1.54) is 12.8 Å². The van der Waals surface area contributed by atoms with E-state index in [0.717, 1.165) is 37.4 Å². The minimum Gasteiger partial charge on any atom is -0.343 e. The van der Waals surface area contributed by atoms with Crippen LogP contribution >= 0.6 is 12.4 Å². The van der Waals surface area contributed by atoms with Crippen molar-refractivity contribution in [1.82, 2.24) is 4.90 Å². The molecule has 0 aliphatic carbocycles. The maximum Gasteiger partial charge on any atom is 0.224 e. The Hall–Kier alpha value is -1.06. The first-order valence-electron chi connectivity index (χ1n) is 7.79. The molecule has 0 aromatic heterocycles. The summed E-state index contributed by atoms with van der Waals surface area (Å²) in [5.74, 6) is 0.994. The van der Waals surface area contributed by atoms with E-state index >= 15 is 0 Å². The van der Waals surface area contributed by atoms with Gasteiger partial charge in [-0.3, -0.25) is 4.79 Å². The number of rotatable bonds is 4. The van der Waals surface area contributed by atoms with E-state index in [1.807, 2.05) is 35.2 Å². The summed E-state index contributed by atoms with van der Waals surface area (Å²) in [4.78, 5) is 14.4. The van der Waals surface area contributed by atoms with Crippen molar-refractivity contribution in [1.29, 1.82) is 0 Å². The van der Waals surface area contributed by atoms with Gasteiger partial charge in [0, 0.05) is 25.6 Å². The summed E-state index contributed by atoms with van der Waals surface area (Å²) in [7, 11) is 0. The van der Waals surface area contributed by atoms with Gasteiger partial charge >= 0.3 is 0 Å². The Morgan fingerprint density at radius 2 is 2.00 bits per heavy atom. The summed E-state index contributed by atoms with van der Waals surface area (Å²) in [6.07, 6.45) is 5.17. The largest absolute Gasteiger partial charge is 0.343 e. The van der Waals surface area contributed by atoms with Crippen LogP contribution in [0, 0.1) is 5.92 Å². The van der Waals surface area contributed by atoms with E-state index in [0.29, 0.717) is 6.42 Å². The van der Waals surface area contributed by atoms with E-state index in [4.69, 9.17) is 5.73 Å². The van der Waals surface area contributed by atoms with Crippen molar-refractivity contribution < 1.29 is 4.79 Å². The highest BCUT2D eigenvalue weighted by molar-refractivity contribution is 5.85. The first-order valence-corrected chi connectivity index (χ1v) is 7.79. The van der Waals surface area contributed by atoms with Crippen LogP contribution in [0.1, 0.15) is 50.6 Å². The van der Waals surface area contributed by atoms with Gasteiger partial charge in [-0.25, -0.2) is 0 Å². The lowest BCUT2D eigenvalue weighted by molar-refractivity contribution is -0.131. The van der Waals surface area contributed by atoms with E-state index < -0.39 is 0 Å². The predicted molar refractivity (Wildman–Crippen MR) is 89.4 cm³/mol. The Morgan fingerprint density at radius 3 is 2.67 bits per heavy atom. The number of amides is 1. The zero-order valence-electron chi connectivity index (χ0n) is 12.8. The molecule has 2 N–H and O–H groups in total. The first kappa shape index (κ1) is 18.0. The molecular formula is C17H27ClN2O. The summed E-state index contributed by atoms with van der Waals surface area (Å²) >= 11 is 0. The monoisotopic (exact) mass is 310 g/mol. The lowest BCUT2D eigenvalue weighted by atomic mass is 9.98. The number of hydrogen-bond donors (Lipinski definition) is 1. The Kier molecular flexibility index (Phi) is 7.76. The molecule has 0 bridgehead atoms. The second-order valence-electron chi connectivity index (χ2n) is 5.81. The van der Waals surface area contributed by atoms with E-state index in [9.17, 15) is 4.79 Å². The maximum absolute atomic E-state index is 12.4. The molecule has 2 atom stereocenters. The molecule has 1 heterocycles. The molecule has 1 aliphatic rings. The van der Waals surface area contributed by atoms with Crippen LogP contribution in [0.15, 0.2) is 30.3 Å². The summed E-state index contributed by atoms with van der Waals surface area (Å²) in [5.41, 5.74) is 7.19. The number of nitrogens with zero attached hydrogens (tertiary/aromatic N) is 1. The molecule has 0 spiro atoms. The zero-order chi connectivity index (χ0) is 14.4. The van der Waals surface area contributed by atoms with Crippen molar-refractivity contribution in [2.45, 2.75) is 45.1 Å². The van der Waals surface area contributed by atoms with Gasteiger partial charge in [0.15, 0.2) is 0 Å². The molecule has 0 radical (unpaired) electrons. The van der Waals surface area contributed by atoms with Crippen LogP contribution in [-0.4, -0.2) is 23.9 Å². The third kappa shape index (κ3) is 5.33. The molecule has 1 aliphatic heterocycles. The lowest BCUT2D eigenvalue weighted by Crippen LogP contribution is -2.34. The van der Waals surface area contributed by atoms with E-state index in [-0.39, 0.29) is 24.4 Å². The molecule has 2 unspecified atom stereocenters. The van der Waals surface area contributed by atoms with Gasteiger partial charge in [0.2, 0.25) is 5.91 Å². The summed E-state index contributed by atoms with van der Waals surface area (Å²) in [6.45, 7) is 4.04. The van der Waals surface area contributed by atoms with Gasteiger partial charge < -0.3 is 10.6 Å².